The van der Waals surface area contributed by atoms with E-state index in [0.29, 0.717) is 21.7 Å². The molecule has 0 saturated carbocycles. The van der Waals surface area contributed by atoms with Crippen LogP contribution >= 0.6 is 11.3 Å². The molecule has 1 amide bonds. The van der Waals surface area contributed by atoms with Gasteiger partial charge in [0.05, 0.1) is 16.9 Å². The fourth-order valence-corrected chi connectivity index (χ4v) is 3.67. The molecule has 31 heavy (non-hydrogen) atoms. The van der Waals surface area contributed by atoms with Crippen LogP contribution in [0.25, 0.3) is 0 Å². The molecule has 0 aliphatic heterocycles. The van der Waals surface area contributed by atoms with E-state index < -0.39 is 59.1 Å². The topological polar surface area (TPSA) is 193 Å². The maximum absolute atomic E-state index is 12.8. The molecule has 0 aliphatic rings. The molecule has 2 rings (SSSR count). The summed E-state index contributed by atoms with van der Waals surface area (Å²) in [6, 6.07) is 2.69. The van der Waals surface area contributed by atoms with Crippen molar-refractivity contribution < 1.29 is 41.4 Å². The van der Waals surface area contributed by atoms with Crippen LogP contribution in [0.15, 0.2) is 28.7 Å². The van der Waals surface area contributed by atoms with Crippen molar-refractivity contribution in [1.82, 2.24) is 4.98 Å². The number of aromatic nitrogens is 1. The highest BCUT2D eigenvalue weighted by atomic mass is 32.2. The van der Waals surface area contributed by atoms with Gasteiger partial charge in [0.15, 0.2) is 17.4 Å². The Bertz CT molecular complexity index is 1040. The van der Waals surface area contributed by atoms with Gasteiger partial charge in [-0.3, -0.25) is 9.35 Å². The highest BCUT2D eigenvalue weighted by Gasteiger charge is 2.33. The Labute approximate surface area is 177 Å². The molecule has 0 aliphatic carbocycles. The molecule has 0 radical (unpaired) electrons. The average Bonchev–Trinajstić information content (AvgIpc) is 3.10. The van der Waals surface area contributed by atoms with Crippen LogP contribution in [-0.2, 0) is 16.1 Å². The van der Waals surface area contributed by atoms with E-state index in [0.717, 1.165) is 17.6 Å². The maximum atomic E-state index is 12.8. The van der Waals surface area contributed by atoms with Crippen LogP contribution in [0.5, 0.6) is 5.75 Å². The highest BCUT2D eigenvalue weighted by Crippen LogP contribution is 2.39. The Balaban J connectivity index is 2.50. The zero-order valence-corrected chi connectivity index (χ0v) is 16.6. The standard InChI is InChI=1S/C14H13F3N6O6S2/c15-14(16,17)29-8-3-6(1-2-7(8)22-9(24)4-20-13(18)19)23(31(27)28)11-10(12(25)26)21-5-30-11/h1-3,5H,4H2,(H,22,24)(H,25,26)(H,27,28)(H4,18,19,20). The van der Waals surface area contributed by atoms with E-state index in [1.807, 2.05) is 0 Å². The Morgan fingerprint density at radius 1 is 1.35 bits per heavy atom. The number of carboxylic acid groups (broad SMARTS) is 1. The fourth-order valence-electron chi connectivity index (χ4n) is 2.11. The molecule has 0 spiro atoms. The van der Waals surface area contributed by atoms with Gasteiger partial charge in [-0.2, -0.15) is 0 Å². The molecule has 12 nitrogen and oxygen atoms in total. The molecule has 2 aromatic rings. The van der Waals surface area contributed by atoms with E-state index in [4.69, 9.17) is 16.6 Å². The number of carboxylic acids is 1. The second-order valence-corrected chi connectivity index (χ2v) is 7.01. The Hall–Kier alpha value is -3.44. The molecule has 1 aromatic carbocycles. The highest BCUT2D eigenvalue weighted by molar-refractivity contribution is 7.81. The average molecular weight is 482 g/mol. The number of thiazole rings is 1. The van der Waals surface area contributed by atoms with Gasteiger partial charge in [0.2, 0.25) is 5.91 Å². The predicted octanol–water partition coefficient (Wildman–Crippen LogP) is 1.23. The largest absolute Gasteiger partial charge is 0.573 e. The van der Waals surface area contributed by atoms with E-state index >= 15 is 0 Å². The number of carbonyl (C=O) groups excluding carboxylic acids is 1. The van der Waals surface area contributed by atoms with Crippen LogP contribution in [0, 0.1) is 0 Å². The lowest BCUT2D eigenvalue weighted by Gasteiger charge is -2.21. The summed E-state index contributed by atoms with van der Waals surface area (Å²) in [5, 5.41) is 10.9. The number of hydrogen-bond acceptors (Lipinski definition) is 7. The molecule has 1 aromatic heterocycles. The summed E-state index contributed by atoms with van der Waals surface area (Å²) in [6.07, 6.45) is -5.18. The van der Waals surface area contributed by atoms with Gasteiger partial charge in [-0.05, 0) is 12.1 Å². The van der Waals surface area contributed by atoms with Crippen LogP contribution in [0.3, 0.4) is 0 Å². The van der Waals surface area contributed by atoms with Gasteiger partial charge in [-0.15, -0.1) is 24.5 Å². The van der Waals surface area contributed by atoms with Crippen molar-refractivity contribution in [3.05, 3.63) is 29.4 Å². The third-order valence-electron chi connectivity index (χ3n) is 3.20. The first-order chi connectivity index (χ1) is 14.4. The minimum Gasteiger partial charge on any atom is -0.476 e. The van der Waals surface area contributed by atoms with Crippen LogP contribution in [0.2, 0.25) is 0 Å². The number of anilines is 3. The quantitative estimate of drug-likeness (QED) is 0.209. The number of halogens is 3. The lowest BCUT2D eigenvalue weighted by molar-refractivity contribution is -0.274. The van der Waals surface area contributed by atoms with Gasteiger partial charge in [-0.25, -0.2) is 23.3 Å². The lowest BCUT2D eigenvalue weighted by atomic mass is 10.2. The van der Waals surface area contributed by atoms with Crippen LogP contribution < -0.4 is 25.8 Å². The molecule has 0 bridgehead atoms. The van der Waals surface area contributed by atoms with E-state index in [1.165, 1.54) is 0 Å². The number of nitrogens with one attached hydrogen (secondary N) is 1. The zero-order valence-electron chi connectivity index (χ0n) is 15.0. The van der Waals surface area contributed by atoms with Crippen molar-refractivity contribution in [2.45, 2.75) is 6.36 Å². The normalized spacial score (nSPS) is 12.0. The zero-order chi connectivity index (χ0) is 23.3. The second kappa shape index (κ2) is 9.58. The van der Waals surface area contributed by atoms with Crippen molar-refractivity contribution in [3.63, 3.8) is 0 Å². The van der Waals surface area contributed by atoms with Gasteiger partial charge >= 0.3 is 12.3 Å². The summed E-state index contributed by atoms with van der Waals surface area (Å²) in [4.78, 5) is 30.1. The van der Waals surface area contributed by atoms with E-state index in [-0.39, 0.29) is 10.7 Å². The SMILES string of the molecule is NC(N)=NCC(=O)Nc1ccc(N(c2scnc2C(=O)O)S(=O)O)cc1OC(F)(F)F. The molecule has 1 unspecified atom stereocenters. The second-order valence-electron chi connectivity index (χ2n) is 5.35. The number of nitrogens with zero attached hydrogens (tertiary/aromatic N) is 3. The van der Waals surface area contributed by atoms with Crippen molar-refractivity contribution in [1.29, 1.82) is 0 Å². The van der Waals surface area contributed by atoms with Crippen molar-refractivity contribution in [2.75, 3.05) is 16.2 Å². The Kier molecular flexibility index (Phi) is 7.37. The number of alkyl halides is 3. The van der Waals surface area contributed by atoms with Gasteiger partial charge < -0.3 is 26.6 Å². The monoisotopic (exact) mass is 482 g/mol. The molecule has 1 atom stereocenters. The number of aromatic carboxylic acids is 1. The Morgan fingerprint density at radius 2 is 2.03 bits per heavy atom. The molecule has 0 saturated heterocycles. The summed E-state index contributed by atoms with van der Waals surface area (Å²) in [7, 11) is 0. The van der Waals surface area contributed by atoms with Crippen molar-refractivity contribution in [3.8, 4) is 5.75 Å². The predicted molar refractivity (Wildman–Crippen MR) is 104 cm³/mol. The van der Waals surface area contributed by atoms with Crippen molar-refractivity contribution in [2.24, 2.45) is 16.5 Å². The number of aliphatic imine (C=N–C) groups is 1. The van der Waals surface area contributed by atoms with Gasteiger partial charge in [-0.1, -0.05) is 0 Å². The third kappa shape index (κ3) is 6.52. The van der Waals surface area contributed by atoms with Crippen LogP contribution in [0.4, 0.5) is 29.5 Å². The molecular formula is C14H13F3N6O6S2. The molecule has 1 heterocycles. The lowest BCUT2D eigenvalue weighted by Crippen LogP contribution is -2.26. The van der Waals surface area contributed by atoms with E-state index in [1.54, 1.807) is 0 Å². The Morgan fingerprint density at radius 3 is 2.58 bits per heavy atom. The minimum absolute atomic E-state index is 0.323. The smallest absolute Gasteiger partial charge is 0.476 e. The summed E-state index contributed by atoms with van der Waals surface area (Å²) < 4.78 is 64.4. The molecule has 7 N–H and O–H groups in total. The minimum atomic E-state index is -5.18. The molecular weight excluding hydrogens is 469 g/mol. The number of carbonyl (C=O) groups is 2. The summed E-state index contributed by atoms with van der Waals surface area (Å²) in [6.45, 7) is -0.592. The van der Waals surface area contributed by atoms with E-state index in [9.17, 15) is 31.5 Å². The third-order valence-corrected chi connectivity index (χ3v) is 4.83. The number of hydrogen-bond donors (Lipinski definition) is 5. The summed E-state index contributed by atoms with van der Waals surface area (Å²) in [5.74, 6) is -3.77. The van der Waals surface area contributed by atoms with Crippen LogP contribution in [-0.4, -0.2) is 49.6 Å². The maximum Gasteiger partial charge on any atom is 0.573 e. The molecule has 17 heteroatoms. The first-order valence-corrected chi connectivity index (χ1v) is 9.66. The number of amides is 1. The summed E-state index contributed by atoms with van der Waals surface area (Å²) >= 11 is -2.23. The van der Waals surface area contributed by atoms with Crippen LogP contribution in [0.1, 0.15) is 10.5 Å². The first kappa shape index (κ1) is 23.8. The number of ether oxygens (including phenoxy) is 1. The van der Waals surface area contributed by atoms with Gasteiger partial charge in [0.25, 0.3) is 11.3 Å². The summed E-state index contributed by atoms with van der Waals surface area (Å²) in [5.41, 5.74) is 9.83. The van der Waals surface area contributed by atoms with Crippen molar-refractivity contribution >= 4 is 56.8 Å². The number of rotatable bonds is 8. The number of nitrogens with two attached hydrogens (primary N) is 2. The number of guanidine groups is 1. The van der Waals surface area contributed by atoms with E-state index in [2.05, 4.69) is 20.0 Å². The van der Waals surface area contributed by atoms with Gasteiger partial charge in [0, 0.05) is 6.07 Å². The number of benzene rings is 1. The molecule has 0 fully saturated rings. The fraction of sp³-hybridized carbons (Fsp3) is 0.143. The first-order valence-electron chi connectivity index (χ1n) is 7.72. The molecule has 168 valence electrons. The van der Waals surface area contributed by atoms with Gasteiger partial charge in [0.1, 0.15) is 11.5 Å².